The molecule has 0 aliphatic rings. The Labute approximate surface area is 323 Å². The first-order chi connectivity index (χ1) is 25.5. The Bertz CT molecular complexity index is 850. The maximum Gasteiger partial charge on any atom is 0.222 e. The molecule has 0 rings (SSSR count). The lowest BCUT2D eigenvalue weighted by molar-refractivity contribution is -0.124. The molecule has 0 saturated carbocycles. The summed E-state index contributed by atoms with van der Waals surface area (Å²) >= 11 is 0. The van der Waals surface area contributed by atoms with Crippen LogP contribution in [0.3, 0.4) is 0 Å². The Morgan fingerprint density at radius 1 is 0.500 bits per heavy atom. The maximum absolute atomic E-state index is 12.4. The molecule has 0 aromatic heterocycles. The fourth-order valence-corrected chi connectivity index (χ4v) is 6.62. The first-order valence-corrected chi connectivity index (χ1v) is 22.4. The third kappa shape index (κ3) is 38.0. The number of hydrogen-bond acceptors (Lipinski definition) is 4. The Balaban J connectivity index is 3.74. The Morgan fingerprint density at radius 2 is 0.885 bits per heavy atom. The highest BCUT2D eigenvalue weighted by Gasteiger charge is 2.20. The molecule has 0 aliphatic heterocycles. The zero-order chi connectivity index (χ0) is 38.0. The number of aliphatic hydroxyl groups excluding tert-OH is 3. The van der Waals surface area contributed by atoms with Crippen molar-refractivity contribution in [2.45, 2.75) is 238 Å². The molecule has 0 saturated heterocycles. The predicted octanol–water partition coefficient (Wildman–Crippen LogP) is 12.9. The summed E-state index contributed by atoms with van der Waals surface area (Å²) in [5.74, 6) is -0.334. The first-order valence-electron chi connectivity index (χ1n) is 22.4. The molecule has 4 N–H and O–H groups in total. The van der Waals surface area contributed by atoms with Gasteiger partial charge in [-0.05, 0) is 64.2 Å². The lowest BCUT2D eigenvalue weighted by Crippen LogP contribution is -2.45. The molecule has 0 aromatic carbocycles. The van der Waals surface area contributed by atoms with E-state index in [0.717, 1.165) is 51.4 Å². The second kappa shape index (κ2) is 42.1. The average Bonchev–Trinajstić information content (AvgIpc) is 3.14. The molecule has 0 aromatic rings. The lowest BCUT2D eigenvalue weighted by atomic mass is 10.0. The van der Waals surface area contributed by atoms with Crippen LogP contribution in [0.4, 0.5) is 0 Å². The van der Waals surface area contributed by atoms with E-state index < -0.39 is 18.2 Å². The average molecular weight is 730 g/mol. The number of rotatable bonds is 40. The van der Waals surface area contributed by atoms with E-state index in [0.29, 0.717) is 6.42 Å². The molecule has 3 atom stereocenters. The van der Waals surface area contributed by atoms with Crippen molar-refractivity contribution in [3.8, 4) is 0 Å². The summed E-state index contributed by atoms with van der Waals surface area (Å²) in [6, 6.07) is -0.766. The van der Waals surface area contributed by atoms with E-state index in [1.807, 2.05) is 6.08 Å². The summed E-state index contributed by atoms with van der Waals surface area (Å²) < 4.78 is 0. The van der Waals surface area contributed by atoms with Crippen molar-refractivity contribution in [1.29, 1.82) is 0 Å². The second-order valence-corrected chi connectivity index (χ2v) is 15.3. The molecule has 3 unspecified atom stereocenters. The molecule has 0 heterocycles. The topological polar surface area (TPSA) is 89.8 Å². The number of hydrogen-bond donors (Lipinski definition) is 4. The van der Waals surface area contributed by atoms with E-state index >= 15 is 0 Å². The standard InChI is InChI=1S/C47H87NO4/c1-3-5-7-9-11-13-15-17-19-21-22-23-24-25-26-28-30-32-34-36-38-40-44(50)42-47(52)48-45(43-49)46(51)41-39-37-35-33-31-29-27-20-18-16-14-12-10-8-6-4-2/h22-23,25-26,31,33,39,41,44-46,49-51H,3-21,24,27-30,32,34-38,40,42-43H2,1-2H3,(H,48,52)/b23-22-,26-25-,33-31+,41-39+. The smallest absolute Gasteiger partial charge is 0.222 e. The summed E-state index contributed by atoms with van der Waals surface area (Å²) in [5.41, 5.74) is 0. The van der Waals surface area contributed by atoms with Crippen LogP contribution in [0.2, 0.25) is 0 Å². The van der Waals surface area contributed by atoms with Gasteiger partial charge in [-0.2, -0.15) is 0 Å². The number of nitrogens with one attached hydrogen (secondary N) is 1. The van der Waals surface area contributed by atoms with E-state index in [1.165, 1.54) is 141 Å². The van der Waals surface area contributed by atoms with E-state index in [2.05, 4.69) is 55.6 Å². The fourth-order valence-electron chi connectivity index (χ4n) is 6.62. The largest absolute Gasteiger partial charge is 0.394 e. The lowest BCUT2D eigenvalue weighted by Gasteiger charge is -2.20. The molecular formula is C47H87NO4. The van der Waals surface area contributed by atoms with E-state index in [1.54, 1.807) is 6.08 Å². The number of aliphatic hydroxyl groups is 3. The van der Waals surface area contributed by atoms with Gasteiger partial charge < -0.3 is 20.6 Å². The Hall–Kier alpha value is -1.69. The molecular weight excluding hydrogens is 643 g/mol. The van der Waals surface area contributed by atoms with Crippen molar-refractivity contribution in [2.24, 2.45) is 0 Å². The van der Waals surface area contributed by atoms with Gasteiger partial charge in [0.15, 0.2) is 0 Å². The van der Waals surface area contributed by atoms with Crippen LogP contribution in [0.5, 0.6) is 0 Å². The molecule has 0 spiro atoms. The van der Waals surface area contributed by atoms with Crippen molar-refractivity contribution in [2.75, 3.05) is 6.61 Å². The van der Waals surface area contributed by atoms with Gasteiger partial charge in [0.2, 0.25) is 5.91 Å². The molecule has 5 heteroatoms. The number of amides is 1. The van der Waals surface area contributed by atoms with E-state index in [-0.39, 0.29) is 18.9 Å². The number of carbonyl (C=O) groups is 1. The normalized spacial score (nSPS) is 14.0. The molecule has 0 aliphatic carbocycles. The molecule has 52 heavy (non-hydrogen) atoms. The van der Waals surface area contributed by atoms with Crippen molar-refractivity contribution in [3.63, 3.8) is 0 Å². The highest BCUT2D eigenvalue weighted by molar-refractivity contribution is 5.76. The zero-order valence-electron chi connectivity index (χ0n) is 34.4. The number of allylic oxidation sites excluding steroid dienone is 7. The van der Waals surface area contributed by atoms with Crippen molar-refractivity contribution in [3.05, 3.63) is 48.6 Å². The van der Waals surface area contributed by atoms with Gasteiger partial charge >= 0.3 is 0 Å². The van der Waals surface area contributed by atoms with Crippen molar-refractivity contribution in [1.82, 2.24) is 5.32 Å². The van der Waals surface area contributed by atoms with Crippen molar-refractivity contribution >= 4 is 5.91 Å². The van der Waals surface area contributed by atoms with Crippen LogP contribution >= 0.6 is 0 Å². The SMILES string of the molecule is CCCCCCCCCCC/C=C\C/C=C\CCCCCCCC(O)CC(=O)NC(CO)C(O)/C=C/CC/C=C/CCCCCCCCCCCC. The summed E-state index contributed by atoms with van der Waals surface area (Å²) in [6.45, 7) is 4.19. The van der Waals surface area contributed by atoms with Crippen LogP contribution in [0.15, 0.2) is 48.6 Å². The van der Waals surface area contributed by atoms with E-state index in [9.17, 15) is 20.1 Å². The molecule has 5 nitrogen and oxygen atoms in total. The van der Waals surface area contributed by atoms with Crippen LogP contribution < -0.4 is 5.32 Å². The fraction of sp³-hybridized carbons (Fsp3) is 0.809. The molecule has 0 bridgehead atoms. The predicted molar refractivity (Wildman–Crippen MR) is 227 cm³/mol. The van der Waals surface area contributed by atoms with Crippen LogP contribution in [0.1, 0.15) is 219 Å². The summed E-state index contributed by atoms with van der Waals surface area (Å²) in [4.78, 5) is 12.4. The zero-order valence-corrected chi connectivity index (χ0v) is 34.4. The number of carbonyl (C=O) groups excluding carboxylic acids is 1. The molecule has 1 amide bonds. The molecule has 0 fully saturated rings. The van der Waals surface area contributed by atoms with Gasteiger partial charge in [-0.15, -0.1) is 0 Å². The second-order valence-electron chi connectivity index (χ2n) is 15.3. The summed E-state index contributed by atoms with van der Waals surface area (Å²) in [5, 5.41) is 33.2. The third-order valence-corrected chi connectivity index (χ3v) is 10.1. The third-order valence-electron chi connectivity index (χ3n) is 10.1. The minimum atomic E-state index is -0.956. The van der Waals surface area contributed by atoms with Gasteiger partial charge in [-0.3, -0.25) is 4.79 Å². The first kappa shape index (κ1) is 50.3. The summed E-state index contributed by atoms with van der Waals surface area (Å²) in [6.07, 6.45) is 54.0. The highest BCUT2D eigenvalue weighted by atomic mass is 16.3. The summed E-state index contributed by atoms with van der Waals surface area (Å²) in [7, 11) is 0. The van der Waals surface area contributed by atoms with Crippen LogP contribution in [-0.2, 0) is 4.79 Å². The van der Waals surface area contributed by atoms with Gasteiger partial charge in [0.25, 0.3) is 0 Å². The van der Waals surface area contributed by atoms with Gasteiger partial charge in [0.05, 0.1) is 31.3 Å². The minimum Gasteiger partial charge on any atom is -0.394 e. The Morgan fingerprint density at radius 3 is 1.35 bits per heavy atom. The van der Waals surface area contributed by atoms with Crippen LogP contribution in [0, 0.1) is 0 Å². The van der Waals surface area contributed by atoms with Crippen LogP contribution in [0.25, 0.3) is 0 Å². The quantitative estimate of drug-likeness (QED) is 0.0373. The van der Waals surface area contributed by atoms with Crippen LogP contribution in [-0.4, -0.2) is 46.1 Å². The monoisotopic (exact) mass is 730 g/mol. The van der Waals surface area contributed by atoms with Gasteiger partial charge in [-0.1, -0.05) is 197 Å². The van der Waals surface area contributed by atoms with Gasteiger partial charge in [0.1, 0.15) is 0 Å². The van der Waals surface area contributed by atoms with E-state index in [4.69, 9.17) is 0 Å². The maximum atomic E-state index is 12.4. The van der Waals surface area contributed by atoms with Crippen molar-refractivity contribution < 1.29 is 20.1 Å². The molecule has 0 radical (unpaired) electrons. The highest BCUT2D eigenvalue weighted by Crippen LogP contribution is 2.14. The molecule has 304 valence electrons. The van der Waals surface area contributed by atoms with Gasteiger partial charge in [0, 0.05) is 0 Å². The Kier molecular flexibility index (Phi) is 40.7. The van der Waals surface area contributed by atoms with Gasteiger partial charge in [-0.25, -0.2) is 0 Å². The number of unbranched alkanes of at least 4 members (excludes halogenated alkanes) is 25. The minimum absolute atomic E-state index is 0.00475.